The summed E-state index contributed by atoms with van der Waals surface area (Å²) in [5.74, 6) is 0.116. The summed E-state index contributed by atoms with van der Waals surface area (Å²) in [6, 6.07) is 6.75. The van der Waals surface area contributed by atoms with Crippen molar-refractivity contribution in [2.45, 2.75) is 70.2 Å². The van der Waals surface area contributed by atoms with Gasteiger partial charge < -0.3 is 10.2 Å². The molecule has 1 aliphatic rings. The fraction of sp³-hybridized carbons (Fsp3) is 0.619. The van der Waals surface area contributed by atoms with Crippen LogP contribution in [0.3, 0.4) is 0 Å². The van der Waals surface area contributed by atoms with Gasteiger partial charge in [0.15, 0.2) is 0 Å². The Bertz CT molecular complexity index is 793. The number of sulfonamides is 1. The SMILES string of the molecule is CCCCC(=O)NCCc1ccc(S(=O)(=O)N2CC(C)N(CCCC)C2=N)cc1. The van der Waals surface area contributed by atoms with Gasteiger partial charge in [0.05, 0.1) is 11.4 Å². The average molecular weight is 423 g/mol. The Morgan fingerprint density at radius 2 is 1.83 bits per heavy atom. The first-order valence-electron chi connectivity index (χ1n) is 10.5. The van der Waals surface area contributed by atoms with Crippen LogP contribution < -0.4 is 5.32 Å². The number of carbonyl (C=O) groups is 1. The van der Waals surface area contributed by atoms with E-state index in [1.54, 1.807) is 24.3 Å². The smallest absolute Gasteiger partial charge is 0.266 e. The van der Waals surface area contributed by atoms with Crippen molar-refractivity contribution in [1.82, 2.24) is 14.5 Å². The van der Waals surface area contributed by atoms with Crippen LogP contribution in [0.15, 0.2) is 29.2 Å². The number of rotatable bonds is 11. The fourth-order valence-electron chi connectivity index (χ4n) is 3.37. The van der Waals surface area contributed by atoms with E-state index in [0.717, 1.165) is 31.2 Å². The van der Waals surface area contributed by atoms with Crippen molar-refractivity contribution in [2.24, 2.45) is 0 Å². The minimum Gasteiger partial charge on any atom is -0.356 e. The lowest BCUT2D eigenvalue weighted by atomic mass is 10.1. The van der Waals surface area contributed by atoms with E-state index in [4.69, 9.17) is 5.41 Å². The lowest BCUT2D eigenvalue weighted by molar-refractivity contribution is -0.121. The lowest BCUT2D eigenvalue weighted by Crippen LogP contribution is -2.38. The predicted octanol–water partition coefficient (Wildman–Crippen LogP) is 2.97. The van der Waals surface area contributed by atoms with Crippen LogP contribution in [0, 0.1) is 5.41 Å². The molecule has 0 radical (unpaired) electrons. The van der Waals surface area contributed by atoms with E-state index >= 15 is 0 Å². The summed E-state index contributed by atoms with van der Waals surface area (Å²) in [6.07, 6.45) is 5.02. The van der Waals surface area contributed by atoms with Gasteiger partial charge in [0, 0.05) is 25.6 Å². The fourth-order valence-corrected chi connectivity index (χ4v) is 4.85. The molecule has 1 unspecified atom stereocenters. The molecule has 1 aliphatic heterocycles. The number of amides is 1. The molecule has 2 N–H and O–H groups in total. The summed E-state index contributed by atoms with van der Waals surface area (Å²) in [4.78, 5) is 13.7. The quantitative estimate of drug-likeness (QED) is 0.573. The minimum absolute atomic E-state index is 0.000539. The van der Waals surface area contributed by atoms with Crippen LogP contribution in [0.2, 0.25) is 0 Å². The zero-order chi connectivity index (χ0) is 21.4. The van der Waals surface area contributed by atoms with E-state index in [2.05, 4.69) is 19.2 Å². The first kappa shape index (κ1) is 23.2. The molecule has 1 amide bonds. The first-order valence-corrected chi connectivity index (χ1v) is 12.0. The van der Waals surface area contributed by atoms with E-state index in [0.29, 0.717) is 32.5 Å². The number of unbranched alkanes of at least 4 members (excludes halogenated alkanes) is 2. The molecule has 8 heteroatoms. The van der Waals surface area contributed by atoms with Crippen LogP contribution >= 0.6 is 0 Å². The van der Waals surface area contributed by atoms with E-state index in [1.807, 2.05) is 11.8 Å². The van der Waals surface area contributed by atoms with Crippen LogP contribution in [0.4, 0.5) is 0 Å². The van der Waals surface area contributed by atoms with Crippen molar-refractivity contribution in [3.63, 3.8) is 0 Å². The molecule has 0 spiro atoms. The highest BCUT2D eigenvalue weighted by Crippen LogP contribution is 2.24. The summed E-state index contributed by atoms with van der Waals surface area (Å²) in [5.41, 5.74) is 0.967. The molecule has 1 saturated heterocycles. The molecule has 1 aromatic rings. The Labute approximate surface area is 175 Å². The number of hydrogen-bond acceptors (Lipinski definition) is 4. The normalized spacial score (nSPS) is 17.1. The first-order chi connectivity index (χ1) is 13.8. The van der Waals surface area contributed by atoms with Crippen molar-refractivity contribution < 1.29 is 13.2 Å². The maximum Gasteiger partial charge on any atom is 0.266 e. The van der Waals surface area contributed by atoms with Crippen LogP contribution in [-0.2, 0) is 21.2 Å². The Balaban J connectivity index is 1.98. The van der Waals surface area contributed by atoms with Gasteiger partial charge in [-0.25, -0.2) is 12.7 Å². The Hall–Kier alpha value is -2.09. The molecule has 2 rings (SSSR count). The number of nitrogens with zero attached hydrogens (tertiary/aromatic N) is 2. The number of hydrogen-bond donors (Lipinski definition) is 2. The standard InChI is InChI=1S/C21H34N4O3S/c1-4-6-8-20(26)23-14-13-18-9-11-19(12-10-18)29(27,28)25-16-17(3)24(21(25)22)15-7-5-2/h9-12,17,22H,4-8,13-16H2,1-3H3,(H,23,26). The van der Waals surface area contributed by atoms with Gasteiger partial charge in [0.2, 0.25) is 11.9 Å². The molecular weight excluding hydrogens is 388 g/mol. The molecule has 1 atom stereocenters. The van der Waals surface area contributed by atoms with Crippen LogP contribution in [-0.4, -0.2) is 55.2 Å². The van der Waals surface area contributed by atoms with Crippen LogP contribution in [0.5, 0.6) is 0 Å². The largest absolute Gasteiger partial charge is 0.356 e. The van der Waals surface area contributed by atoms with Gasteiger partial charge in [-0.2, -0.15) is 0 Å². The van der Waals surface area contributed by atoms with Gasteiger partial charge in [-0.1, -0.05) is 38.8 Å². The van der Waals surface area contributed by atoms with Crippen molar-refractivity contribution in [3.8, 4) is 0 Å². The van der Waals surface area contributed by atoms with Gasteiger partial charge in [-0.05, 0) is 43.9 Å². The molecule has 0 aromatic heterocycles. The van der Waals surface area contributed by atoms with Crippen LogP contribution in [0.25, 0.3) is 0 Å². The summed E-state index contributed by atoms with van der Waals surface area (Å²) < 4.78 is 27.3. The molecule has 0 bridgehead atoms. The molecule has 0 aliphatic carbocycles. The predicted molar refractivity (Wildman–Crippen MR) is 115 cm³/mol. The molecule has 1 fully saturated rings. The second-order valence-corrected chi connectivity index (χ2v) is 9.47. The highest BCUT2D eigenvalue weighted by Gasteiger charge is 2.39. The summed E-state index contributed by atoms with van der Waals surface area (Å²) >= 11 is 0. The van der Waals surface area contributed by atoms with Crippen molar-refractivity contribution in [2.75, 3.05) is 19.6 Å². The molecule has 1 heterocycles. The third-order valence-corrected chi connectivity index (χ3v) is 7.00. The van der Waals surface area contributed by atoms with Gasteiger partial charge in [0.25, 0.3) is 10.0 Å². The van der Waals surface area contributed by atoms with Gasteiger partial charge in [-0.3, -0.25) is 10.2 Å². The highest BCUT2D eigenvalue weighted by atomic mass is 32.2. The molecule has 7 nitrogen and oxygen atoms in total. The Kier molecular flexibility index (Phi) is 8.49. The maximum absolute atomic E-state index is 13.0. The third kappa shape index (κ3) is 5.95. The maximum atomic E-state index is 13.0. The Morgan fingerprint density at radius 1 is 1.17 bits per heavy atom. The molecular formula is C21H34N4O3S. The van der Waals surface area contributed by atoms with Crippen LogP contribution in [0.1, 0.15) is 58.4 Å². The average Bonchev–Trinajstić information content (AvgIpc) is 2.99. The third-order valence-electron chi connectivity index (χ3n) is 5.23. The van der Waals surface area contributed by atoms with Crippen molar-refractivity contribution in [3.05, 3.63) is 29.8 Å². The van der Waals surface area contributed by atoms with Gasteiger partial charge >= 0.3 is 0 Å². The molecule has 0 saturated carbocycles. The van der Waals surface area contributed by atoms with E-state index in [1.165, 1.54) is 4.31 Å². The zero-order valence-electron chi connectivity index (χ0n) is 17.8. The molecule has 29 heavy (non-hydrogen) atoms. The zero-order valence-corrected chi connectivity index (χ0v) is 18.6. The second-order valence-electron chi connectivity index (χ2n) is 7.60. The topological polar surface area (TPSA) is 93.6 Å². The summed E-state index contributed by atoms with van der Waals surface area (Å²) in [6.45, 7) is 7.63. The van der Waals surface area contributed by atoms with E-state index in [-0.39, 0.29) is 22.8 Å². The van der Waals surface area contributed by atoms with E-state index < -0.39 is 10.0 Å². The second kappa shape index (κ2) is 10.6. The molecule has 1 aromatic carbocycles. The monoisotopic (exact) mass is 422 g/mol. The number of carbonyl (C=O) groups excluding carboxylic acids is 1. The van der Waals surface area contributed by atoms with Crippen molar-refractivity contribution in [1.29, 1.82) is 5.41 Å². The summed E-state index contributed by atoms with van der Waals surface area (Å²) in [5, 5.41) is 11.2. The highest BCUT2D eigenvalue weighted by molar-refractivity contribution is 7.89. The molecule has 162 valence electrons. The lowest BCUT2D eigenvalue weighted by Gasteiger charge is -2.23. The van der Waals surface area contributed by atoms with Gasteiger partial charge in [-0.15, -0.1) is 0 Å². The van der Waals surface area contributed by atoms with Crippen molar-refractivity contribution >= 4 is 21.9 Å². The Morgan fingerprint density at radius 3 is 2.45 bits per heavy atom. The van der Waals surface area contributed by atoms with E-state index in [9.17, 15) is 13.2 Å². The van der Waals surface area contributed by atoms with Gasteiger partial charge in [0.1, 0.15) is 0 Å². The number of benzene rings is 1. The number of guanidine groups is 1. The minimum atomic E-state index is -3.74. The number of nitrogens with one attached hydrogen (secondary N) is 2. The summed E-state index contributed by atoms with van der Waals surface area (Å²) in [7, 11) is -3.74.